The van der Waals surface area contributed by atoms with Gasteiger partial charge in [0.2, 0.25) is 0 Å². The number of ether oxygens (including phenoxy) is 1. The number of hydrogen-bond donors (Lipinski definition) is 0. The molecule has 2 aromatic rings. The first-order valence-corrected chi connectivity index (χ1v) is 6.03. The Morgan fingerprint density at radius 2 is 1.81 bits per heavy atom. The highest BCUT2D eigenvalue weighted by atomic mass is 19.3. The fourth-order valence-corrected chi connectivity index (χ4v) is 1.89. The minimum atomic E-state index is -2.97. The predicted octanol–water partition coefficient (Wildman–Crippen LogP) is 4.46. The highest BCUT2D eigenvalue weighted by molar-refractivity contribution is 6.09. The molecule has 0 spiro atoms. The van der Waals surface area contributed by atoms with Crippen LogP contribution in [0.25, 0.3) is 11.1 Å². The third kappa shape index (κ3) is 3.51. The molecule has 0 amide bonds. The van der Waals surface area contributed by atoms with Gasteiger partial charge in [-0.25, -0.2) is 4.39 Å². The third-order valence-electron chi connectivity index (χ3n) is 2.82. The number of halogens is 3. The minimum absolute atomic E-state index is 0.0788. The van der Waals surface area contributed by atoms with Gasteiger partial charge in [0.15, 0.2) is 5.78 Å². The molecular formula is C16H11F3O2. The van der Waals surface area contributed by atoms with Crippen LogP contribution in [0.15, 0.2) is 55.1 Å². The first-order valence-electron chi connectivity index (χ1n) is 6.03. The van der Waals surface area contributed by atoms with Crippen molar-refractivity contribution in [2.45, 2.75) is 6.61 Å². The predicted molar refractivity (Wildman–Crippen MR) is 73.0 cm³/mol. The molecule has 0 atom stereocenters. The second-order valence-corrected chi connectivity index (χ2v) is 4.16. The lowest BCUT2D eigenvalue weighted by atomic mass is 9.96. The molecule has 0 unspecified atom stereocenters. The van der Waals surface area contributed by atoms with E-state index in [2.05, 4.69) is 11.3 Å². The van der Waals surface area contributed by atoms with Crippen LogP contribution in [-0.4, -0.2) is 12.4 Å². The molecule has 2 rings (SSSR count). The Kier molecular flexibility index (Phi) is 4.42. The first kappa shape index (κ1) is 14.8. The van der Waals surface area contributed by atoms with E-state index in [0.29, 0.717) is 11.1 Å². The number of allylic oxidation sites excluding steroid dienone is 1. The third-order valence-corrected chi connectivity index (χ3v) is 2.82. The van der Waals surface area contributed by atoms with Crippen LogP contribution in [0.1, 0.15) is 10.4 Å². The maximum absolute atomic E-state index is 13.0. The van der Waals surface area contributed by atoms with E-state index < -0.39 is 12.4 Å². The average molecular weight is 292 g/mol. The Labute approximate surface area is 119 Å². The average Bonchev–Trinajstić information content (AvgIpc) is 2.46. The van der Waals surface area contributed by atoms with Crippen LogP contribution in [0.2, 0.25) is 0 Å². The lowest BCUT2D eigenvalue weighted by molar-refractivity contribution is -0.0498. The molecule has 5 heteroatoms. The molecule has 2 aromatic carbocycles. The van der Waals surface area contributed by atoms with Crippen molar-refractivity contribution in [3.05, 3.63) is 66.5 Å². The summed E-state index contributed by atoms with van der Waals surface area (Å²) in [5.74, 6) is -0.877. The van der Waals surface area contributed by atoms with Crippen LogP contribution in [0.3, 0.4) is 0 Å². The Morgan fingerprint density at radius 3 is 2.38 bits per heavy atom. The SMILES string of the molecule is C=CC(=O)c1ccc(OC(F)F)cc1-c1ccc(F)cc1. The largest absolute Gasteiger partial charge is 0.435 e. The zero-order chi connectivity index (χ0) is 15.4. The Bertz CT molecular complexity index is 664. The lowest BCUT2D eigenvalue weighted by Crippen LogP contribution is -2.04. The van der Waals surface area contributed by atoms with Gasteiger partial charge in [0, 0.05) is 5.56 Å². The molecule has 2 nitrogen and oxygen atoms in total. The van der Waals surface area contributed by atoms with Crippen molar-refractivity contribution in [1.29, 1.82) is 0 Å². The molecule has 108 valence electrons. The van der Waals surface area contributed by atoms with Crippen molar-refractivity contribution in [3.63, 3.8) is 0 Å². The maximum Gasteiger partial charge on any atom is 0.387 e. The minimum Gasteiger partial charge on any atom is -0.435 e. The smallest absolute Gasteiger partial charge is 0.387 e. The number of hydrogen-bond acceptors (Lipinski definition) is 2. The van der Waals surface area contributed by atoms with Crippen molar-refractivity contribution < 1.29 is 22.7 Å². The molecule has 0 N–H and O–H groups in total. The van der Waals surface area contributed by atoms with Gasteiger partial charge < -0.3 is 4.74 Å². The normalized spacial score (nSPS) is 10.5. The van der Waals surface area contributed by atoms with E-state index in [0.717, 1.165) is 6.08 Å². The second-order valence-electron chi connectivity index (χ2n) is 4.16. The quantitative estimate of drug-likeness (QED) is 0.600. The Morgan fingerprint density at radius 1 is 1.14 bits per heavy atom. The summed E-state index contributed by atoms with van der Waals surface area (Å²) in [6, 6.07) is 9.32. The summed E-state index contributed by atoms with van der Waals surface area (Å²) in [5.41, 5.74) is 1.16. The van der Waals surface area contributed by atoms with Gasteiger partial charge in [0.25, 0.3) is 0 Å². The standard InChI is InChI=1S/C16H11F3O2/c1-2-15(20)13-8-7-12(21-16(18)19)9-14(13)10-3-5-11(17)6-4-10/h2-9,16H,1H2. The van der Waals surface area contributed by atoms with E-state index in [4.69, 9.17) is 0 Å². The van der Waals surface area contributed by atoms with E-state index in [9.17, 15) is 18.0 Å². The highest BCUT2D eigenvalue weighted by Crippen LogP contribution is 2.29. The van der Waals surface area contributed by atoms with E-state index in [1.54, 1.807) is 0 Å². The van der Waals surface area contributed by atoms with Crippen LogP contribution in [-0.2, 0) is 0 Å². The van der Waals surface area contributed by atoms with Gasteiger partial charge in [-0.1, -0.05) is 18.7 Å². The summed E-state index contributed by atoms with van der Waals surface area (Å²) in [6.45, 7) is 0.430. The van der Waals surface area contributed by atoms with Crippen molar-refractivity contribution in [1.82, 2.24) is 0 Å². The molecule has 0 fully saturated rings. The monoisotopic (exact) mass is 292 g/mol. The van der Waals surface area contributed by atoms with Gasteiger partial charge in [0.1, 0.15) is 11.6 Å². The molecule has 0 aliphatic carbocycles. The van der Waals surface area contributed by atoms with Crippen molar-refractivity contribution >= 4 is 5.78 Å². The molecule has 0 saturated heterocycles. The van der Waals surface area contributed by atoms with Crippen LogP contribution in [0.4, 0.5) is 13.2 Å². The second kappa shape index (κ2) is 6.26. The number of carbonyl (C=O) groups is 1. The number of benzene rings is 2. The van der Waals surface area contributed by atoms with Gasteiger partial charge in [-0.15, -0.1) is 0 Å². The van der Waals surface area contributed by atoms with Crippen molar-refractivity contribution in [2.75, 3.05) is 0 Å². The van der Waals surface area contributed by atoms with Crippen LogP contribution in [0, 0.1) is 5.82 Å². The number of carbonyl (C=O) groups excluding carboxylic acids is 1. The van der Waals surface area contributed by atoms with E-state index in [-0.39, 0.29) is 17.1 Å². The summed E-state index contributed by atoms with van der Waals surface area (Å²) < 4.78 is 41.9. The molecule has 0 aliphatic rings. The Hall–Kier alpha value is -2.56. The zero-order valence-corrected chi connectivity index (χ0v) is 10.9. The number of alkyl halides is 2. The van der Waals surface area contributed by atoms with Crippen LogP contribution < -0.4 is 4.74 Å². The van der Waals surface area contributed by atoms with Gasteiger partial charge in [-0.2, -0.15) is 8.78 Å². The fraction of sp³-hybridized carbons (Fsp3) is 0.0625. The van der Waals surface area contributed by atoms with Crippen LogP contribution in [0.5, 0.6) is 5.75 Å². The van der Waals surface area contributed by atoms with Crippen molar-refractivity contribution in [2.24, 2.45) is 0 Å². The zero-order valence-electron chi connectivity index (χ0n) is 10.9. The number of ketones is 1. The first-order chi connectivity index (χ1) is 10.0. The van der Waals surface area contributed by atoms with Gasteiger partial charge >= 0.3 is 6.61 Å². The molecule has 0 bridgehead atoms. The summed E-state index contributed by atoms with van der Waals surface area (Å²) in [7, 11) is 0. The van der Waals surface area contributed by atoms with Crippen LogP contribution >= 0.6 is 0 Å². The summed E-state index contributed by atoms with van der Waals surface area (Å²) in [4.78, 5) is 11.8. The van der Waals surface area contributed by atoms with E-state index in [1.165, 1.54) is 42.5 Å². The van der Waals surface area contributed by atoms with Gasteiger partial charge in [-0.3, -0.25) is 4.79 Å². The fourth-order valence-electron chi connectivity index (χ4n) is 1.89. The summed E-state index contributed by atoms with van der Waals surface area (Å²) >= 11 is 0. The molecule has 0 radical (unpaired) electrons. The van der Waals surface area contributed by atoms with E-state index in [1.807, 2.05) is 0 Å². The topological polar surface area (TPSA) is 26.3 Å². The Balaban J connectivity index is 2.54. The lowest BCUT2D eigenvalue weighted by Gasteiger charge is -2.11. The molecule has 21 heavy (non-hydrogen) atoms. The maximum atomic E-state index is 13.0. The molecule has 0 aromatic heterocycles. The van der Waals surface area contributed by atoms with Gasteiger partial charge in [-0.05, 0) is 47.5 Å². The van der Waals surface area contributed by atoms with Crippen molar-refractivity contribution in [3.8, 4) is 16.9 Å². The number of rotatable bonds is 5. The highest BCUT2D eigenvalue weighted by Gasteiger charge is 2.13. The molecular weight excluding hydrogens is 281 g/mol. The molecule has 0 aliphatic heterocycles. The van der Waals surface area contributed by atoms with Gasteiger partial charge in [0.05, 0.1) is 0 Å². The van der Waals surface area contributed by atoms with E-state index >= 15 is 0 Å². The molecule has 0 saturated carbocycles. The summed E-state index contributed by atoms with van der Waals surface area (Å²) in [5, 5.41) is 0. The molecule has 0 heterocycles. The summed E-state index contributed by atoms with van der Waals surface area (Å²) in [6.07, 6.45) is 1.12.